The van der Waals surface area contributed by atoms with E-state index in [9.17, 15) is 4.79 Å². The number of rotatable bonds is 10. The smallest absolute Gasteiger partial charge is 0.234 e. The second-order valence-corrected chi connectivity index (χ2v) is 9.14. The molecule has 3 aromatic carbocycles. The van der Waals surface area contributed by atoms with Gasteiger partial charge in [-0.05, 0) is 60.5 Å². The van der Waals surface area contributed by atoms with Crippen molar-refractivity contribution in [2.75, 3.05) is 37.2 Å². The van der Waals surface area contributed by atoms with Crippen molar-refractivity contribution in [1.82, 2.24) is 14.8 Å². The van der Waals surface area contributed by atoms with E-state index >= 15 is 0 Å². The number of hydrogen-bond acceptors (Lipinski definition) is 6. The monoisotopic (exact) mass is 487 g/mol. The van der Waals surface area contributed by atoms with E-state index in [0.29, 0.717) is 11.7 Å². The molecule has 7 nitrogen and oxygen atoms in total. The second kappa shape index (κ2) is 11.6. The fourth-order valence-corrected chi connectivity index (χ4v) is 4.37. The van der Waals surface area contributed by atoms with Crippen molar-refractivity contribution in [3.63, 3.8) is 0 Å². The van der Waals surface area contributed by atoms with Crippen molar-refractivity contribution < 1.29 is 9.53 Å². The summed E-state index contributed by atoms with van der Waals surface area (Å²) in [5, 5.41) is 12.5. The standard InChI is InChI=1S/C27H29N5O2S/c1-31(2)23-13-11-22(12-14-23)28-25(33)19-35-27-30-29-26(21-9-15-24(34-3)16-10-21)32(27)18-17-20-7-5-4-6-8-20/h4-16H,17-19H2,1-3H3,(H,28,33). The third-order valence-corrected chi connectivity index (χ3v) is 6.50. The van der Waals surface area contributed by atoms with Gasteiger partial charge in [-0.25, -0.2) is 0 Å². The molecule has 0 aliphatic carbocycles. The number of methoxy groups -OCH3 is 1. The van der Waals surface area contributed by atoms with Crippen LogP contribution in [0.15, 0.2) is 84.0 Å². The van der Waals surface area contributed by atoms with Crippen LogP contribution < -0.4 is 15.0 Å². The summed E-state index contributed by atoms with van der Waals surface area (Å²) in [7, 11) is 5.62. The summed E-state index contributed by atoms with van der Waals surface area (Å²) >= 11 is 1.39. The van der Waals surface area contributed by atoms with Crippen LogP contribution in [0.5, 0.6) is 5.75 Å². The molecular formula is C27H29N5O2S. The zero-order valence-corrected chi connectivity index (χ0v) is 21.0. The second-order valence-electron chi connectivity index (χ2n) is 8.20. The Morgan fingerprint density at radius 2 is 1.69 bits per heavy atom. The van der Waals surface area contributed by atoms with Crippen molar-refractivity contribution >= 4 is 29.0 Å². The molecule has 0 aliphatic heterocycles. The molecule has 0 atom stereocenters. The Labute approximate surface area is 210 Å². The number of ether oxygens (including phenoxy) is 1. The molecule has 4 rings (SSSR count). The Morgan fingerprint density at radius 3 is 2.34 bits per heavy atom. The number of carbonyl (C=O) groups is 1. The molecule has 180 valence electrons. The molecular weight excluding hydrogens is 458 g/mol. The van der Waals surface area contributed by atoms with Gasteiger partial charge in [0.15, 0.2) is 11.0 Å². The van der Waals surface area contributed by atoms with Crippen molar-refractivity contribution in [2.45, 2.75) is 18.1 Å². The molecule has 1 N–H and O–H groups in total. The molecule has 0 fully saturated rings. The fraction of sp³-hybridized carbons (Fsp3) is 0.222. The van der Waals surface area contributed by atoms with E-state index in [4.69, 9.17) is 4.74 Å². The number of anilines is 2. The summed E-state index contributed by atoms with van der Waals surface area (Å²) in [6.07, 6.45) is 0.833. The molecule has 0 unspecified atom stereocenters. The first-order chi connectivity index (χ1) is 17.0. The molecule has 8 heteroatoms. The van der Waals surface area contributed by atoms with Crippen LogP contribution in [0, 0.1) is 0 Å². The van der Waals surface area contributed by atoms with Crippen molar-refractivity contribution in [1.29, 1.82) is 0 Å². The highest BCUT2D eigenvalue weighted by Gasteiger charge is 2.16. The number of nitrogens with one attached hydrogen (secondary N) is 1. The molecule has 0 bridgehead atoms. The number of hydrogen-bond donors (Lipinski definition) is 1. The average Bonchev–Trinajstić information content (AvgIpc) is 3.30. The van der Waals surface area contributed by atoms with Gasteiger partial charge in [0.2, 0.25) is 5.91 Å². The summed E-state index contributed by atoms with van der Waals surface area (Å²) in [6.45, 7) is 0.703. The lowest BCUT2D eigenvalue weighted by atomic mass is 10.1. The minimum atomic E-state index is -0.0868. The SMILES string of the molecule is COc1ccc(-c2nnc(SCC(=O)Nc3ccc(N(C)C)cc3)n2CCc2ccccc2)cc1. The molecule has 1 amide bonds. The third kappa shape index (κ3) is 6.42. The molecule has 0 radical (unpaired) electrons. The van der Waals surface area contributed by atoms with Crippen LogP contribution in [0.4, 0.5) is 11.4 Å². The highest BCUT2D eigenvalue weighted by Crippen LogP contribution is 2.26. The van der Waals surface area contributed by atoms with Crippen LogP contribution >= 0.6 is 11.8 Å². The van der Waals surface area contributed by atoms with Gasteiger partial charge in [0.05, 0.1) is 12.9 Å². The molecule has 1 aromatic heterocycles. The topological polar surface area (TPSA) is 72.3 Å². The van der Waals surface area contributed by atoms with E-state index in [1.807, 2.05) is 85.7 Å². The predicted molar refractivity (Wildman–Crippen MR) is 142 cm³/mol. The number of benzene rings is 3. The molecule has 0 saturated carbocycles. The quantitative estimate of drug-likeness (QED) is 0.318. The number of aryl methyl sites for hydroxylation is 1. The molecule has 0 spiro atoms. The first-order valence-electron chi connectivity index (χ1n) is 11.3. The van der Waals surface area contributed by atoms with E-state index in [1.54, 1.807) is 7.11 Å². The Balaban J connectivity index is 1.48. The van der Waals surface area contributed by atoms with Crippen LogP contribution in [0.1, 0.15) is 5.56 Å². The van der Waals surface area contributed by atoms with Gasteiger partial charge in [0, 0.05) is 37.6 Å². The summed E-state index contributed by atoms with van der Waals surface area (Å²) in [5.74, 6) is 1.71. The van der Waals surface area contributed by atoms with Crippen LogP contribution in [0.2, 0.25) is 0 Å². The highest BCUT2D eigenvalue weighted by molar-refractivity contribution is 7.99. The number of aromatic nitrogens is 3. The van der Waals surface area contributed by atoms with Crippen LogP contribution in [-0.4, -0.2) is 47.6 Å². The first-order valence-corrected chi connectivity index (χ1v) is 12.3. The summed E-state index contributed by atoms with van der Waals surface area (Å²) in [6, 6.07) is 25.8. The van der Waals surface area contributed by atoms with Crippen molar-refractivity contribution in [3.8, 4) is 17.1 Å². The number of amides is 1. The lowest BCUT2D eigenvalue weighted by molar-refractivity contribution is -0.113. The van der Waals surface area contributed by atoms with Crippen molar-refractivity contribution in [2.24, 2.45) is 0 Å². The Hall–Kier alpha value is -3.78. The lowest BCUT2D eigenvalue weighted by Crippen LogP contribution is -2.15. The van der Waals surface area contributed by atoms with Crippen LogP contribution in [-0.2, 0) is 17.8 Å². The largest absolute Gasteiger partial charge is 0.497 e. The maximum absolute atomic E-state index is 12.6. The summed E-state index contributed by atoms with van der Waals surface area (Å²) in [5.41, 5.74) is 4.03. The molecule has 0 saturated heterocycles. The zero-order chi connectivity index (χ0) is 24.6. The minimum Gasteiger partial charge on any atom is -0.497 e. The Kier molecular flexibility index (Phi) is 8.05. The summed E-state index contributed by atoms with van der Waals surface area (Å²) < 4.78 is 7.37. The zero-order valence-electron chi connectivity index (χ0n) is 20.1. The number of thioether (sulfide) groups is 1. The molecule has 1 heterocycles. The van der Waals surface area contributed by atoms with Gasteiger partial charge < -0.3 is 19.5 Å². The predicted octanol–water partition coefficient (Wildman–Crippen LogP) is 4.99. The Morgan fingerprint density at radius 1 is 0.971 bits per heavy atom. The van der Waals surface area contributed by atoms with E-state index in [-0.39, 0.29) is 11.7 Å². The molecule has 35 heavy (non-hydrogen) atoms. The van der Waals surface area contributed by atoms with Gasteiger partial charge in [0.25, 0.3) is 0 Å². The van der Waals surface area contributed by atoms with Crippen LogP contribution in [0.25, 0.3) is 11.4 Å². The van der Waals surface area contributed by atoms with Gasteiger partial charge in [-0.2, -0.15) is 0 Å². The highest BCUT2D eigenvalue weighted by atomic mass is 32.2. The first kappa shape index (κ1) is 24.3. The molecule has 4 aromatic rings. The van der Waals surface area contributed by atoms with E-state index in [0.717, 1.165) is 34.9 Å². The maximum atomic E-state index is 12.6. The van der Waals surface area contributed by atoms with E-state index < -0.39 is 0 Å². The fourth-order valence-electron chi connectivity index (χ4n) is 3.61. The van der Waals surface area contributed by atoms with Crippen molar-refractivity contribution in [3.05, 3.63) is 84.4 Å². The van der Waals surface area contributed by atoms with E-state index in [1.165, 1.54) is 17.3 Å². The lowest BCUT2D eigenvalue weighted by Gasteiger charge is -2.13. The number of nitrogens with zero attached hydrogens (tertiary/aromatic N) is 4. The van der Waals surface area contributed by atoms with E-state index in [2.05, 4.69) is 32.2 Å². The van der Waals surface area contributed by atoms with Gasteiger partial charge in [-0.15, -0.1) is 10.2 Å². The van der Waals surface area contributed by atoms with Gasteiger partial charge in [-0.3, -0.25) is 4.79 Å². The van der Waals surface area contributed by atoms with Gasteiger partial charge in [0.1, 0.15) is 5.75 Å². The van der Waals surface area contributed by atoms with Crippen LogP contribution in [0.3, 0.4) is 0 Å². The third-order valence-electron chi connectivity index (χ3n) is 5.53. The van der Waals surface area contributed by atoms with Gasteiger partial charge in [-0.1, -0.05) is 42.1 Å². The number of carbonyl (C=O) groups excluding carboxylic acids is 1. The summed E-state index contributed by atoms with van der Waals surface area (Å²) in [4.78, 5) is 14.6. The minimum absolute atomic E-state index is 0.0868. The van der Waals surface area contributed by atoms with Gasteiger partial charge >= 0.3 is 0 Å². The Bertz CT molecular complexity index is 1240. The average molecular weight is 488 g/mol. The maximum Gasteiger partial charge on any atom is 0.234 e. The normalized spacial score (nSPS) is 10.7. The molecule has 0 aliphatic rings.